The lowest BCUT2D eigenvalue weighted by Gasteiger charge is -2.12. The van der Waals surface area contributed by atoms with E-state index in [9.17, 15) is 4.79 Å². The Morgan fingerprint density at radius 2 is 2.06 bits per heavy atom. The summed E-state index contributed by atoms with van der Waals surface area (Å²) in [5.74, 6) is 1.28. The zero-order chi connectivity index (χ0) is 21.4. The van der Waals surface area contributed by atoms with Gasteiger partial charge in [0.25, 0.3) is 0 Å². The van der Waals surface area contributed by atoms with Gasteiger partial charge in [-0.2, -0.15) is 0 Å². The van der Waals surface area contributed by atoms with Gasteiger partial charge >= 0.3 is 0 Å². The molecule has 0 aliphatic carbocycles. The van der Waals surface area contributed by atoms with Crippen molar-refractivity contribution in [1.82, 2.24) is 19.4 Å². The summed E-state index contributed by atoms with van der Waals surface area (Å²) in [6, 6.07) is 16.5. The molecule has 1 aliphatic rings. The van der Waals surface area contributed by atoms with E-state index >= 15 is 0 Å². The van der Waals surface area contributed by atoms with Crippen molar-refractivity contribution in [2.75, 3.05) is 26.3 Å². The van der Waals surface area contributed by atoms with Crippen molar-refractivity contribution < 1.29 is 9.53 Å². The summed E-state index contributed by atoms with van der Waals surface area (Å²) in [7, 11) is 2.04. The van der Waals surface area contributed by atoms with E-state index in [1.54, 1.807) is 0 Å². The summed E-state index contributed by atoms with van der Waals surface area (Å²) in [5.41, 5.74) is 4.90. The van der Waals surface area contributed by atoms with Crippen molar-refractivity contribution in [3.8, 4) is 11.5 Å². The maximum Gasteiger partial charge on any atom is 0.163 e. The minimum Gasteiger partial charge on any atom is -0.380 e. The van der Waals surface area contributed by atoms with E-state index in [4.69, 9.17) is 9.72 Å². The van der Waals surface area contributed by atoms with Gasteiger partial charge in [-0.25, -0.2) is 4.98 Å². The number of carbonyl (C=O) groups excluding carboxylic acids is 1. The topological polar surface area (TPSA) is 61.1 Å². The van der Waals surface area contributed by atoms with E-state index in [-0.39, 0.29) is 11.7 Å². The molecule has 4 aromatic rings. The van der Waals surface area contributed by atoms with Crippen LogP contribution >= 0.6 is 0 Å². The Morgan fingerprint density at radius 3 is 2.94 bits per heavy atom. The molecular weight excluding hydrogens is 388 g/mol. The number of nitrogens with zero attached hydrogens (tertiary/aromatic N) is 3. The van der Waals surface area contributed by atoms with E-state index in [1.807, 2.05) is 25.2 Å². The second kappa shape index (κ2) is 8.29. The standard InChI is InChI=1S/C25H28N4O2/c1-3-29-21-7-5-4-6-18(21)14-23(29)25-27-20-13-19(8-9-22(20)28(25)2)24(30)12-17-15-26-10-11-31-16-17/h4-9,13-14,17,26H,3,10-12,15-16H2,1-2H3. The predicted molar refractivity (Wildman–Crippen MR) is 123 cm³/mol. The zero-order valence-electron chi connectivity index (χ0n) is 18.1. The average Bonchev–Trinajstić information content (AvgIpc) is 3.20. The van der Waals surface area contributed by atoms with Crippen LogP contribution in [0.15, 0.2) is 48.5 Å². The van der Waals surface area contributed by atoms with Crippen LogP contribution in [0.3, 0.4) is 0 Å². The minimum atomic E-state index is 0.147. The molecular formula is C25H28N4O2. The number of imidazole rings is 1. The monoisotopic (exact) mass is 416 g/mol. The highest BCUT2D eigenvalue weighted by molar-refractivity contribution is 5.99. The lowest BCUT2D eigenvalue weighted by Crippen LogP contribution is -2.24. The molecule has 2 aromatic heterocycles. The summed E-state index contributed by atoms with van der Waals surface area (Å²) < 4.78 is 10.0. The van der Waals surface area contributed by atoms with Crippen LogP contribution in [0.1, 0.15) is 23.7 Å². The Kier molecular flexibility index (Phi) is 5.34. The maximum absolute atomic E-state index is 12.9. The molecule has 1 aliphatic heterocycles. The first-order chi connectivity index (χ1) is 15.2. The van der Waals surface area contributed by atoms with E-state index in [1.165, 1.54) is 10.9 Å². The summed E-state index contributed by atoms with van der Waals surface area (Å²) in [4.78, 5) is 17.9. The van der Waals surface area contributed by atoms with Crippen LogP contribution in [0, 0.1) is 5.92 Å². The van der Waals surface area contributed by atoms with Gasteiger partial charge in [-0.1, -0.05) is 18.2 Å². The van der Waals surface area contributed by atoms with Gasteiger partial charge in [0.2, 0.25) is 0 Å². The quantitative estimate of drug-likeness (QED) is 0.499. The largest absolute Gasteiger partial charge is 0.380 e. The minimum absolute atomic E-state index is 0.147. The van der Waals surface area contributed by atoms with E-state index < -0.39 is 0 Å². The number of benzene rings is 2. The van der Waals surface area contributed by atoms with Gasteiger partial charge in [-0.3, -0.25) is 4.79 Å². The Labute approximate surface area is 181 Å². The molecule has 0 radical (unpaired) electrons. The van der Waals surface area contributed by atoms with Crippen LogP contribution in [0.5, 0.6) is 0 Å². The third-order valence-corrected chi connectivity index (χ3v) is 6.24. The molecule has 0 spiro atoms. The lowest BCUT2D eigenvalue weighted by molar-refractivity contribution is 0.0886. The summed E-state index contributed by atoms with van der Waals surface area (Å²) in [6.07, 6.45) is 0.488. The Hall–Kier alpha value is -2.96. The van der Waals surface area contributed by atoms with Crippen LogP contribution in [0.4, 0.5) is 0 Å². The molecule has 2 aromatic carbocycles. The number of hydrogen-bond donors (Lipinski definition) is 1. The number of hydrogen-bond acceptors (Lipinski definition) is 4. The third kappa shape index (κ3) is 3.66. The van der Waals surface area contributed by atoms with Crippen molar-refractivity contribution in [2.45, 2.75) is 19.9 Å². The molecule has 6 nitrogen and oxygen atoms in total. The number of ketones is 1. The fourth-order valence-electron chi connectivity index (χ4n) is 4.61. The fraction of sp³-hybridized carbons (Fsp3) is 0.360. The number of aryl methyl sites for hydroxylation is 2. The first kappa shape index (κ1) is 20.0. The van der Waals surface area contributed by atoms with Gasteiger partial charge in [0.05, 0.1) is 29.9 Å². The molecule has 0 amide bonds. The number of Topliss-reactive ketones (excluding diaryl/α,β-unsaturated/α-hetero) is 1. The highest BCUT2D eigenvalue weighted by atomic mass is 16.5. The first-order valence-electron chi connectivity index (χ1n) is 11.0. The van der Waals surface area contributed by atoms with Gasteiger partial charge in [-0.15, -0.1) is 0 Å². The Bertz CT molecular complexity index is 1250. The molecule has 1 unspecified atom stereocenters. The van der Waals surface area contributed by atoms with E-state index in [0.29, 0.717) is 19.6 Å². The Morgan fingerprint density at radius 1 is 1.19 bits per heavy atom. The number of rotatable bonds is 5. The van der Waals surface area contributed by atoms with Crippen molar-refractivity contribution in [2.24, 2.45) is 13.0 Å². The number of carbonyl (C=O) groups is 1. The summed E-state index contributed by atoms with van der Waals surface area (Å²) >= 11 is 0. The molecule has 3 heterocycles. The smallest absolute Gasteiger partial charge is 0.163 e. The third-order valence-electron chi connectivity index (χ3n) is 6.24. The number of aromatic nitrogens is 3. The molecule has 5 rings (SSSR count). The fourth-order valence-corrected chi connectivity index (χ4v) is 4.61. The molecule has 0 saturated carbocycles. The van der Waals surface area contributed by atoms with Crippen molar-refractivity contribution in [3.05, 3.63) is 54.1 Å². The normalized spacial score (nSPS) is 17.3. The summed E-state index contributed by atoms with van der Waals surface area (Å²) in [6.45, 7) is 6.04. The second-order valence-corrected chi connectivity index (χ2v) is 8.30. The van der Waals surface area contributed by atoms with Crippen LogP contribution in [0.2, 0.25) is 0 Å². The number of para-hydroxylation sites is 1. The van der Waals surface area contributed by atoms with Crippen LogP contribution in [-0.4, -0.2) is 46.2 Å². The molecule has 1 atom stereocenters. The SMILES string of the molecule is CCn1c(-c2nc3cc(C(=O)CC4CNCCOC4)ccc3n2C)cc2ccccc21. The molecule has 31 heavy (non-hydrogen) atoms. The van der Waals surface area contributed by atoms with Gasteiger partial charge in [0.15, 0.2) is 11.6 Å². The van der Waals surface area contributed by atoms with Crippen LogP contribution in [-0.2, 0) is 18.3 Å². The second-order valence-electron chi connectivity index (χ2n) is 8.30. The van der Waals surface area contributed by atoms with Crippen LogP contribution in [0.25, 0.3) is 33.5 Å². The zero-order valence-corrected chi connectivity index (χ0v) is 18.1. The lowest BCUT2D eigenvalue weighted by atomic mass is 9.98. The highest BCUT2D eigenvalue weighted by Crippen LogP contribution is 2.30. The van der Waals surface area contributed by atoms with Gasteiger partial charge < -0.3 is 19.2 Å². The molecule has 1 fully saturated rings. The number of ether oxygens (including phenoxy) is 1. The first-order valence-corrected chi connectivity index (χ1v) is 11.0. The number of fused-ring (bicyclic) bond motifs is 2. The van der Waals surface area contributed by atoms with Gasteiger partial charge in [0, 0.05) is 55.5 Å². The molecule has 6 heteroatoms. The van der Waals surface area contributed by atoms with Gasteiger partial charge in [0.1, 0.15) is 0 Å². The average molecular weight is 417 g/mol. The number of nitrogens with one attached hydrogen (secondary N) is 1. The molecule has 160 valence electrons. The van der Waals surface area contributed by atoms with E-state index in [0.717, 1.165) is 47.7 Å². The Balaban J connectivity index is 1.50. The van der Waals surface area contributed by atoms with Crippen molar-refractivity contribution >= 4 is 27.7 Å². The maximum atomic E-state index is 12.9. The van der Waals surface area contributed by atoms with Gasteiger partial charge in [-0.05, 0) is 37.3 Å². The van der Waals surface area contributed by atoms with Crippen LogP contribution < -0.4 is 5.32 Å². The summed E-state index contributed by atoms with van der Waals surface area (Å²) in [5, 5.41) is 4.55. The molecule has 1 saturated heterocycles. The predicted octanol–water partition coefficient (Wildman–Crippen LogP) is 4.02. The van der Waals surface area contributed by atoms with Crippen molar-refractivity contribution in [3.63, 3.8) is 0 Å². The van der Waals surface area contributed by atoms with E-state index in [2.05, 4.69) is 51.7 Å². The highest BCUT2D eigenvalue weighted by Gasteiger charge is 2.20. The van der Waals surface area contributed by atoms with Crippen molar-refractivity contribution in [1.29, 1.82) is 0 Å². The molecule has 0 bridgehead atoms. The molecule has 1 N–H and O–H groups in total.